The van der Waals surface area contributed by atoms with E-state index in [-0.39, 0.29) is 0 Å². The first kappa shape index (κ1) is 5.99. The summed E-state index contributed by atoms with van der Waals surface area (Å²) in [6.07, 6.45) is 3.48. The van der Waals surface area contributed by atoms with Gasteiger partial charge in [0.25, 0.3) is 0 Å². The molecule has 0 fully saturated rings. The van der Waals surface area contributed by atoms with E-state index in [0.29, 0.717) is 0 Å². The van der Waals surface area contributed by atoms with Gasteiger partial charge in [0.15, 0.2) is 0 Å². The van der Waals surface area contributed by atoms with Gasteiger partial charge in [-0.05, 0) is 19.9 Å². The minimum Gasteiger partial charge on any atom is -0.252 e. The van der Waals surface area contributed by atoms with Crippen molar-refractivity contribution in [1.29, 1.82) is 0 Å². The van der Waals surface area contributed by atoms with Crippen LogP contribution in [-0.4, -0.2) is 11.6 Å². The lowest BCUT2D eigenvalue weighted by molar-refractivity contribution is 1.33. The van der Waals surface area contributed by atoms with Crippen LogP contribution >= 0.6 is 0 Å². The van der Waals surface area contributed by atoms with Gasteiger partial charge in [-0.3, -0.25) is 4.99 Å². The summed E-state index contributed by atoms with van der Waals surface area (Å²) in [7, 11) is 0. The summed E-state index contributed by atoms with van der Waals surface area (Å²) in [5.74, 6) is 2.67. The van der Waals surface area contributed by atoms with Gasteiger partial charge < -0.3 is 0 Å². The molecule has 0 amide bonds. The number of hydrogen-bond acceptors (Lipinski definition) is 2. The lowest BCUT2D eigenvalue weighted by Gasteiger charge is -1.85. The molecular formula is C7H8N2. The van der Waals surface area contributed by atoms with E-state index in [9.17, 15) is 0 Å². The molecule has 0 aromatic rings. The van der Waals surface area contributed by atoms with Gasteiger partial charge in [-0.25, -0.2) is 4.99 Å². The zero-order valence-electron chi connectivity index (χ0n) is 5.55. The van der Waals surface area contributed by atoms with E-state index in [4.69, 9.17) is 0 Å². The first-order valence-electron chi connectivity index (χ1n) is 2.80. The van der Waals surface area contributed by atoms with Crippen LogP contribution in [0, 0.1) is 0 Å². The molecule has 2 nitrogen and oxygen atoms in total. The molecule has 1 aliphatic rings. The quantitative estimate of drug-likeness (QED) is 0.463. The SMILES string of the molecule is CC1=CC(C)=NC=C=N1. The molecule has 0 unspecified atom stereocenters. The summed E-state index contributed by atoms with van der Waals surface area (Å²) >= 11 is 0. The van der Waals surface area contributed by atoms with Crippen molar-refractivity contribution >= 4 is 11.6 Å². The van der Waals surface area contributed by atoms with E-state index in [1.165, 1.54) is 0 Å². The minimum absolute atomic E-state index is 0.949. The Morgan fingerprint density at radius 1 is 1.44 bits per heavy atom. The fourth-order valence-electron chi connectivity index (χ4n) is 0.633. The van der Waals surface area contributed by atoms with Crippen molar-refractivity contribution in [3.05, 3.63) is 18.0 Å². The Kier molecular flexibility index (Phi) is 1.61. The van der Waals surface area contributed by atoms with Crippen LogP contribution in [-0.2, 0) is 0 Å². The van der Waals surface area contributed by atoms with E-state index in [2.05, 4.69) is 15.9 Å². The molecule has 0 saturated heterocycles. The van der Waals surface area contributed by atoms with Crippen LogP contribution in [0.15, 0.2) is 28.0 Å². The molecule has 0 radical (unpaired) electrons. The van der Waals surface area contributed by atoms with Gasteiger partial charge in [-0.15, -0.1) is 0 Å². The lowest BCUT2D eigenvalue weighted by Crippen LogP contribution is -1.81. The Morgan fingerprint density at radius 3 is 3.00 bits per heavy atom. The summed E-state index contributed by atoms with van der Waals surface area (Å²) in [6, 6.07) is 0. The Balaban J connectivity index is 3.00. The molecule has 1 aliphatic heterocycles. The van der Waals surface area contributed by atoms with Crippen LogP contribution in [0.25, 0.3) is 0 Å². The first-order chi connectivity index (χ1) is 4.29. The molecule has 46 valence electrons. The van der Waals surface area contributed by atoms with Gasteiger partial charge in [-0.1, -0.05) is 0 Å². The van der Waals surface area contributed by atoms with Crippen molar-refractivity contribution in [3.63, 3.8) is 0 Å². The maximum Gasteiger partial charge on any atom is 0.0884 e. The predicted octanol–water partition coefficient (Wildman–Crippen LogP) is 1.55. The fraction of sp³-hybridized carbons (Fsp3) is 0.286. The maximum atomic E-state index is 3.98. The number of rotatable bonds is 0. The number of hydrogen-bond donors (Lipinski definition) is 0. The average Bonchev–Trinajstić information content (AvgIpc) is 1.93. The van der Waals surface area contributed by atoms with Crippen molar-refractivity contribution in [1.82, 2.24) is 0 Å². The van der Waals surface area contributed by atoms with Crippen LogP contribution in [0.3, 0.4) is 0 Å². The first-order valence-corrected chi connectivity index (χ1v) is 2.80. The number of aliphatic imine (C=N–C) groups is 2. The molecule has 0 N–H and O–H groups in total. The molecule has 0 spiro atoms. The molecule has 0 atom stereocenters. The minimum atomic E-state index is 0.949. The molecule has 0 bridgehead atoms. The molecular weight excluding hydrogens is 112 g/mol. The van der Waals surface area contributed by atoms with Gasteiger partial charge in [0.2, 0.25) is 0 Å². The van der Waals surface area contributed by atoms with Crippen LogP contribution in [0.5, 0.6) is 0 Å². The molecule has 0 aromatic carbocycles. The normalized spacial score (nSPS) is 16.7. The second kappa shape index (κ2) is 2.42. The third-order valence-electron chi connectivity index (χ3n) is 0.985. The summed E-state index contributed by atoms with van der Waals surface area (Å²) in [4.78, 5) is 7.90. The third-order valence-corrected chi connectivity index (χ3v) is 0.985. The van der Waals surface area contributed by atoms with E-state index in [1.54, 1.807) is 6.20 Å². The average molecular weight is 120 g/mol. The van der Waals surface area contributed by atoms with E-state index >= 15 is 0 Å². The molecule has 0 aliphatic carbocycles. The zero-order valence-corrected chi connectivity index (χ0v) is 5.55. The van der Waals surface area contributed by atoms with Gasteiger partial charge >= 0.3 is 0 Å². The second-order valence-corrected chi connectivity index (χ2v) is 1.93. The highest BCUT2D eigenvalue weighted by atomic mass is 14.8. The molecule has 9 heavy (non-hydrogen) atoms. The van der Waals surface area contributed by atoms with Gasteiger partial charge in [-0.2, -0.15) is 0 Å². The van der Waals surface area contributed by atoms with Crippen LogP contribution in [0.1, 0.15) is 13.8 Å². The van der Waals surface area contributed by atoms with Crippen LogP contribution in [0.4, 0.5) is 0 Å². The van der Waals surface area contributed by atoms with Crippen molar-refractivity contribution in [2.45, 2.75) is 13.8 Å². The Morgan fingerprint density at radius 2 is 2.22 bits per heavy atom. The maximum absolute atomic E-state index is 3.98. The molecule has 0 aromatic heterocycles. The second-order valence-electron chi connectivity index (χ2n) is 1.93. The van der Waals surface area contributed by atoms with Crippen LogP contribution in [0.2, 0.25) is 0 Å². The summed E-state index contributed by atoms with van der Waals surface area (Å²) in [5.41, 5.74) is 1.92. The Hall–Kier alpha value is -1.14. The topological polar surface area (TPSA) is 24.7 Å². The van der Waals surface area contributed by atoms with Crippen LogP contribution < -0.4 is 0 Å². The largest absolute Gasteiger partial charge is 0.252 e. The standard InChI is InChI=1S/C7H8N2/c1-6-5-7(2)9-4-3-8-6/h3,5H,1-2H3. The fourth-order valence-corrected chi connectivity index (χ4v) is 0.633. The van der Waals surface area contributed by atoms with E-state index in [1.807, 2.05) is 19.9 Å². The number of allylic oxidation sites excluding steroid dienone is 2. The van der Waals surface area contributed by atoms with Gasteiger partial charge in [0.1, 0.15) is 0 Å². The smallest absolute Gasteiger partial charge is 0.0884 e. The summed E-state index contributed by atoms with van der Waals surface area (Å²) in [5, 5.41) is 0. The van der Waals surface area contributed by atoms with Crippen molar-refractivity contribution in [2.24, 2.45) is 9.98 Å². The van der Waals surface area contributed by atoms with Crippen molar-refractivity contribution in [2.75, 3.05) is 0 Å². The highest BCUT2D eigenvalue weighted by molar-refractivity contribution is 5.94. The van der Waals surface area contributed by atoms with Crippen molar-refractivity contribution in [3.8, 4) is 0 Å². The molecule has 1 heterocycles. The zero-order chi connectivity index (χ0) is 6.69. The predicted molar refractivity (Wildman–Crippen MR) is 38.9 cm³/mol. The summed E-state index contributed by atoms with van der Waals surface area (Å²) in [6.45, 7) is 3.85. The molecule has 0 saturated carbocycles. The highest BCUT2D eigenvalue weighted by Crippen LogP contribution is 1.96. The third kappa shape index (κ3) is 1.67. The number of nitrogens with zero attached hydrogens (tertiary/aromatic N) is 2. The van der Waals surface area contributed by atoms with Gasteiger partial charge in [0.05, 0.1) is 6.20 Å². The lowest BCUT2D eigenvalue weighted by atomic mass is 10.3. The molecule has 1 rings (SSSR count). The van der Waals surface area contributed by atoms with E-state index < -0.39 is 0 Å². The van der Waals surface area contributed by atoms with Crippen molar-refractivity contribution < 1.29 is 0 Å². The Labute approximate surface area is 54.3 Å². The Bertz CT molecular complexity index is 227. The van der Waals surface area contributed by atoms with Gasteiger partial charge in [0, 0.05) is 17.3 Å². The van der Waals surface area contributed by atoms with E-state index in [0.717, 1.165) is 11.4 Å². The monoisotopic (exact) mass is 120 g/mol. The highest BCUT2D eigenvalue weighted by Gasteiger charge is 1.87. The summed E-state index contributed by atoms with van der Waals surface area (Å²) < 4.78 is 0. The molecule has 2 heteroatoms.